The van der Waals surface area contributed by atoms with Gasteiger partial charge in [-0.15, -0.1) is 10.2 Å². The molecular formula is C9H11N3O. The third-order valence-corrected chi connectivity index (χ3v) is 1.99. The van der Waals surface area contributed by atoms with Crippen molar-refractivity contribution in [3.8, 4) is 0 Å². The lowest BCUT2D eigenvalue weighted by Gasteiger charge is -2.09. The van der Waals surface area contributed by atoms with Gasteiger partial charge >= 0.3 is 0 Å². The molecule has 0 amide bonds. The van der Waals surface area contributed by atoms with Crippen LogP contribution in [0.3, 0.4) is 0 Å². The maximum absolute atomic E-state index is 5.59. The molecule has 0 spiro atoms. The molecule has 0 aromatic carbocycles. The van der Waals surface area contributed by atoms with E-state index in [-0.39, 0.29) is 5.92 Å². The second kappa shape index (κ2) is 3.05. The molecule has 1 aromatic heterocycles. The minimum atomic E-state index is 0.188. The Hall–Kier alpha value is -1.58. The Kier molecular flexibility index (Phi) is 1.88. The van der Waals surface area contributed by atoms with Crippen LogP contribution in [-0.2, 0) is 0 Å². The van der Waals surface area contributed by atoms with E-state index < -0.39 is 0 Å². The second-order valence-corrected chi connectivity index (χ2v) is 3.06. The van der Waals surface area contributed by atoms with Crippen molar-refractivity contribution in [1.82, 2.24) is 10.2 Å². The third-order valence-electron chi connectivity index (χ3n) is 1.99. The predicted molar refractivity (Wildman–Crippen MR) is 47.8 cm³/mol. The molecule has 4 heteroatoms. The Balaban J connectivity index is 2.17. The summed E-state index contributed by atoms with van der Waals surface area (Å²) in [6.07, 6.45) is 6.66. The van der Waals surface area contributed by atoms with Gasteiger partial charge in [-0.3, -0.25) is 0 Å². The number of aromatic nitrogens is 2. The van der Waals surface area contributed by atoms with Gasteiger partial charge in [0.05, 0.1) is 5.92 Å². The first kappa shape index (κ1) is 8.04. The molecule has 1 aromatic rings. The maximum atomic E-state index is 5.59. The average molecular weight is 177 g/mol. The highest BCUT2D eigenvalue weighted by molar-refractivity contribution is 5.24. The van der Waals surface area contributed by atoms with Crippen LogP contribution in [-0.4, -0.2) is 10.2 Å². The molecule has 1 aliphatic rings. The Bertz CT molecular complexity index is 365. The van der Waals surface area contributed by atoms with Crippen molar-refractivity contribution in [3.05, 3.63) is 35.7 Å². The van der Waals surface area contributed by atoms with E-state index in [0.29, 0.717) is 11.8 Å². The lowest BCUT2D eigenvalue weighted by molar-refractivity contribution is 0.450. The summed E-state index contributed by atoms with van der Waals surface area (Å²) in [5.74, 6) is 1.46. The summed E-state index contributed by atoms with van der Waals surface area (Å²) >= 11 is 0. The van der Waals surface area contributed by atoms with E-state index in [9.17, 15) is 0 Å². The van der Waals surface area contributed by atoms with Gasteiger partial charge in [0.2, 0.25) is 11.8 Å². The highest BCUT2D eigenvalue weighted by Gasteiger charge is 2.15. The normalized spacial score (nSPS) is 21.6. The fourth-order valence-corrected chi connectivity index (χ4v) is 1.28. The summed E-state index contributed by atoms with van der Waals surface area (Å²) < 4.78 is 5.31. The minimum absolute atomic E-state index is 0.188. The minimum Gasteiger partial charge on any atom is -0.425 e. The van der Waals surface area contributed by atoms with Gasteiger partial charge in [-0.2, -0.15) is 0 Å². The lowest BCUT2D eigenvalue weighted by atomic mass is 10.00. The molecule has 0 saturated carbocycles. The molecule has 13 heavy (non-hydrogen) atoms. The molecule has 0 bridgehead atoms. The molecule has 1 aliphatic carbocycles. The number of hydrogen-bond acceptors (Lipinski definition) is 4. The third kappa shape index (κ3) is 1.61. The van der Waals surface area contributed by atoms with Crippen molar-refractivity contribution < 1.29 is 4.42 Å². The number of aryl methyl sites for hydroxylation is 1. The summed E-state index contributed by atoms with van der Waals surface area (Å²) in [5.41, 5.74) is 6.39. The van der Waals surface area contributed by atoms with Crippen molar-refractivity contribution in [2.45, 2.75) is 19.3 Å². The van der Waals surface area contributed by atoms with Gasteiger partial charge in [-0.25, -0.2) is 0 Å². The van der Waals surface area contributed by atoms with E-state index >= 15 is 0 Å². The molecule has 0 saturated heterocycles. The Morgan fingerprint density at radius 2 is 2.38 bits per heavy atom. The molecule has 1 unspecified atom stereocenters. The predicted octanol–water partition coefficient (Wildman–Crippen LogP) is 1.26. The first-order valence-electron chi connectivity index (χ1n) is 4.19. The van der Waals surface area contributed by atoms with Crippen molar-refractivity contribution in [2.24, 2.45) is 5.73 Å². The zero-order valence-electron chi connectivity index (χ0n) is 7.40. The topological polar surface area (TPSA) is 64.9 Å². The van der Waals surface area contributed by atoms with Crippen LogP contribution in [0, 0.1) is 6.92 Å². The van der Waals surface area contributed by atoms with E-state index in [1.165, 1.54) is 0 Å². The summed E-state index contributed by atoms with van der Waals surface area (Å²) in [4.78, 5) is 0. The van der Waals surface area contributed by atoms with Gasteiger partial charge in [0.1, 0.15) is 0 Å². The van der Waals surface area contributed by atoms with Crippen LogP contribution in [0.1, 0.15) is 24.1 Å². The molecule has 0 fully saturated rings. The van der Waals surface area contributed by atoms with E-state index in [1.54, 1.807) is 6.92 Å². The zero-order chi connectivity index (χ0) is 9.26. The van der Waals surface area contributed by atoms with Crippen molar-refractivity contribution >= 4 is 0 Å². The van der Waals surface area contributed by atoms with E-state index in [0.717, 1.165) is 12.1 Å². The number of nitrogens with zero attached hydrogens (tertiary/aromatic N) is 2. The molecular weight excluding hydrogens is 166 g/mol. The Morgan fingerprint density at radius 3 is 2.92 bits per heavy atom. The summed E-state index contributed by atoms with van der Waals surface area (Å²) in [7, 11) is 0. The first-order chi connectivity index (χ1) is 6.25. The summed E-state index contributed by atoms with van der Waals surface area (Å²) in [6.45, 7) is 1.78. The van der Waals surface area contributed by atoms with E-state index in [1.807, 2.05) is 18.2 Å². The van der Waals surface area contributed by atoms with Crippen LogP contribution in [0.25, 0.3) is 0 Å². The second-order valence-electron chi connectivity index (χ2n) is 3.06. The molecule has 1 heterocycles. The monoisotopic (exact) mass is 177 g/mol. The van der Waals surface area contributed by atoms with Gasteiger partial charge in [-0.1, -0.05) is 12.2 Å². The van der Waals surface area contributed by atoms with E-state index in [4.69, 9.17) is 10.2 Å². The lowest BCUT2D eigenvalue weighted by Crippen LogP contribution is -2.03. The summed E-state index contributed by atoms with van der Waals surface area (Å²) in [6, 6.07) is 0. The van der Waals surface area contributed by atoms with Crippen LogP contribution in [0.4, 0.5) is 0 Å². The van der Waals surface area contributed by atoms with E-state index in [2.05, 4.69) is 10.2 Å². The maximum Gasteiger partial charge on any atom is 0.223 e. The number of allylic oxidation sites excluding steroid dienone is 3. The van der Waals surface area contributed by atoms with Crippen molar-refractivity contribution in [3.63, 3.8) is 0 Å². The SMILES string of the molecule is Cc1nnc(C2C=CC(N)=CC2)o1. The largest absolute Gasteiger partial charge is 0.425 e. The molecule has 0 radical (unpaired) electrons. The molecule has 2 rings (SSSR count). The fourth-order valence-electron chi connectivity index (χ4n) is 1.28. The fraction of sp³-hybridized carbons (Fsp3) is 0.333. The van der Waals surface area contributed by atoms with Gasteiger partial charge in [0, 0.05) is 12.6 Å². The highest BCUT2D eigenvalue weighted by Crippen LogP contribution is 2.24. The average Bonchev–Trinajstić information content (AvgIpc) is 2.53. The van der Waals surface area contributed by atoms with Crippen molar-refractivity contribution in [2.75, 3.05) is 0 Å². The summed E-state index contributed by atoms with van der Waals surface area (Å²) in [5, 5.41) is 7.73. The Morgan fingerprint density at radius 1 is 1.54 bits per heavy atom. The standard InChI is InChI=1S/C9H11N3O/c1-6-11-12-9(13-6)7-2-4-8(10)5-3-7/h2,4-5,7H,3,10H2,1H3. The smallest absolute Gasteiger partial charge is 0.223 e. The molecule has 2 N–H and O–H groups in total. The van der Waals surface area contributed by atoms with Crippen LogP contribution in [0.2, 0.25) is 0 Å². The van der Waals surface area contributed by atoms with Gasteiger partial charge in [-0.05, 0) is 12.5 Å². The molecule has 0 aliphatic heterocycles. The van der Waals surface area contributed by atoms with Gasteiger partial charge < -0.3 is 10.2 Å². The van der Waals surface area contributed by atoms with Gasteiger partial charge in [0.25, 0.3) is 0 Å². The van der Waals surface area contributed by atoms with Crippen molar-refractivity contribution in [1.29, 1.82) is 0 Å². The quantitative estimate of drug-likeness (QED) is 0.701. The van der Waals surface area contributed by atoms with Crippen LogP contribution in [0.15, 0.2) is 28.3 Å². The zero-order valence-corrected chi connectivity index (χ0v) is 7.40. The first-order valence-corrected chi connectivity index (χ1v) is 4.19. The number of rotatable bonds is 1. The Labute approximate surface area is 76.1 Å². The van der Waals surface area contributed by atoms with Crippen LogP contribution >= 0.6 is 0 Å². The van der Waals surface area contributed by atoms with Crippen LogP contribution in [0.5, 0.6) is 0 Å². The number of nitrogens with two attached hydrogens (primary N) is 1. The number of hydrogen-bond donors (Lipinski definition) is 1. The molecule has 4 nitrogen and oxygen atoms in total. The molecule has 68 valence electrons. The highest BCUT2D eigenvalue weighted by atomic mass is 16.4. The molecule has 1 atom stereocenters. The van der Waals surface area contributed by atoms with Crippen LogP contribution < -0.4 is 5.73 Å². The van der Waals surface area contributed by atoms with Gasteiger partial charge in [0.15, 0.2) is 0 Å².